The number of hydrogen-bond donors (Lipinski definition) is 1. The molecule has 2 aromatic heterocycles. The second-order valence-corrected chi connectivity index (χ2v) is 9.06. The van der Waals surface area contributed by atoms with Gasteiger partial charge in [0.05, 0.1) is 29.4 Å². The second-order valence-electron chi connectivity index (χ2n) is 8.10. The van der Waals surface area contributed by atoms with Gasteiger partial charge in [0, 0.05) is 37.6 Å². The molecule has 0 amide bonds. The van der Waals surface area contributed by atoms with Crippen LogP contribution < -0.4 is 5.73 Å². The van der Waals surface area contributed by atoms with E-state index in [1.54, 1.807) is 31.5 Å². The molecule has 2 aliphatic heterocycles. The van der Waals surface area contributed by atoms with Crippen LogP contribution in [0.2, 0.25) is 0 Å². The number of likely N-dealkylation sites (N-methyl/N-ethyl adjacent to an activating group) is 1. The number of carbonyl (C=O) groups excluding carboxylic acids is 1. The van der Waals surface area contributed by atoms with E-state index in [0.717, 1.165) is 30.8 Å². The Morgan fingerprint density at radius 3 is 2.80 bits per heavy atom. The largest absolute Gasteiger partial charge is 0.463 e. The van der Waals surface area contributed by atoms with Gasteiger partial charge in [-0.2, -0.15) is 10.5 Å². The Morgan fingerprint density at radius 1 is 1.34 bits per heavy atom. The molecule has 4 rings (SSSR count). The van der Waals surface area contributed by atoms with Crippen molar-refractivity contribution in [3.8, 4) is 12.1 Å². The maximum absolute atomic E-state index is 13.1. The molecule has 10 heteroatoms. The Labute approximate surface area is 207 Å². The van der Waals surface area contributed by atoms with Crippen LogP contribution in [0.5, 0.6) is 0 Å². The van der Waals surface area contributed by atoms with E-state index >= 15 is 0 Å². The van der Waals surface area contributed by atoms with Gasteiger partial charge in [-0.1, -0.05) is 11.8 Å². The van der Waals surface area contributed by atoms with Crippen molar-refractivity contribution >= 4 is 17.7 Å². The summed E-state index contributed by atoms with van der Waals surface area (Å²) in [6.45, 7) is 3.51. The number of aromatic nitrogens is 2. The summed E-state index contributed by atoms with van der Waals surface area (Å²) in [5, 5.41) is 20.1. The number of allylic oxidation sites excluding steroid dienone is 1. The normalized spacial score (nSPS) is 17.8. The average molecular weight is 489 g/mol. The number of hydrogen-bond acceptors (Lipinski definition) is 10. The molecule has 0 saturated heterocycles. The number of pyridine rings is 2. The topological polar surface area (TPSA) is 138 Å². The van der Waals surface area contributed by atoms with E-state index in [1.807, 2.05) is 13.1 Å². The van der Waals surface area contributed by atoms with Crippen molar-refractivity contribution in [2.45, 2.75) is 30.8 Å². The number of nitrogens with two attached hydrogens (primary N) is 1. The highest BCUT2D eigenvalue weighted by Gasteiger charge is 2.37. The minimum absolute atomic E-state index is 0.0695. The fourth-order valence-corrected chi connectivity index (χ4v) is 5.08. The number of nitriles is 2. The van der Waals surface area contributed by atoms with Gasteiger partial charge in [0.25, 0.3) is 0 Å². The molecule has 0 aliphatic carbocycles. The van der Waals surface area contributed by atoms with Gasteiger partial charge in [-0.15, -0.1) is 0 Å². The minimum atomic E-state index is -0.756. The fraction of sp³-hybridized carbons (Fsp3) is 0.320. The monoisotopic (exact) mass is 488 g/mol. The first-order valence-corrected chi connectivity index (χ1v) is 12.1. The zero-order valence-corrected chi connectivity index (χ0v) is 20.3. The van der Waals surface area contributed by atoms with E-state index in [-0.39, 0.29) is 35.1 Å². The Kier molecular flexibility index (Phi) is 7.35. The number of ether oxygens (including phenoxy) is 2. The maximum atomic E-state index is 13.1. The molecular formula is C25H24N6O3S. The molecule has 0 radical (unpaired) electrons. The smallest absolute Gasteiger partial charge is 0.338 e. The van der Waals surface area contributed by atoms with Gasteiger partial charge >= 0.3 is 5.97 Å². The summed E-state index contributed by atoms with van der Waals surface area (Å²) >= 11 is 1.29. The van der Waals surface area contributed by atoms with Gasteiger partial charge in [0.2, 0.25) is 5.88 Å². The Bertz CT molecular complexity index is 1290. The lowest BCUT2D eigenvalue weighted by atomic mass is 9.83. The first-order chi connectivity index (χ1) is 17.0. The van der Waals surface area contributed by atoms with Crippen LogP contribution in [0, 0.1) is 22.7 Å². The van der Waals surface area contributed by atoms with Gasteiger partial charge in [-0.25, -0.2) is 9.78 Å². The highest BCUT2D eigenvalue weighted by atomic mass is 32.2. The molecule has 0 spiro atoms. The molecule has 178 valence electrons. The predicted octanol–water partition coefficient (Wildman–Crippen LogP) is 2.75. The quantitative estimate of drug-likeness (QED) is 0.477. The third-order valence-electron chi connectivity index (χ3n) is 5.82. The highest BCUT2D eigenvalue weighted by Crippen LogP contribution is 2.41. The van der Waals surface area contributed by atoms with Gasteiger partial charge in [0.15, 0.2) is 0 Å². The molecule has 2 aromatic rings. The Morgan fingerprint density at radius 2 is 2.11 bits per heavy atom. The average Bonchev–Trinajstić information content (AvgIpc) is 2.87. The van der Waals surface area contributed by atoms with Crippen LogP contribution in [0.25, 0.3) is 0 Å². The van der Waals surface area contributed by atoms with Crippen molar-refractivity contribution in [3.05, 3.63) is 75.8 Å². The van der Waals surface area contributed by atoms with Crippen molar-refractivity contribution in [2.24, 2.45) is 5.73 Å². The second kappa shape index (κ2) is 10.6. The standard InChI is InChI=1S/C25H24N6O3S/c1-3-33-25(32)22-20(34-23(28)18(12-27)21(22)15-4-7-29-8-5-15)14-35-24-16(11-26)10-17-13-31(2)9-6-19(17)30-24/h4-5,7-8,10,21H,3,6,9,13-14,28H2,1-2H3/t21-/m1/s1. The first kappa shape index (κ1) is 24.3. The summed E-state index contributed by atoms with van der Waals surface area (Å²) in [7, 11) is 2.04. The third-order valence-corrected chi connectivity index (χ3v) is 6.81. The van der Waals surface area contributed by atoms with Crippen LogP contribution in [0.4, 0.5) is 0 Å². The zero-order chi connectivity index (χ0) is 24.9. The molecule has 0 saturated carbocycles. The van der Waals surface area contributed by atoms with E-state index in [4.69, 9.17) is 20.2 Å². The van der Waals surface area contributed by atoms with Crippen LogP contribution in [0.1, 0.15) is 35.2 Å². The van der Waals surface area contributed by atoms with Crippen LogP contribution in [-0.4, -0.2) is 46.8 Å². The Balaban J connectivity index is 1.73. The summed E-state index contributed by atoms with van der Waals surface area (Å²) in [5.41, 5.74) is 9.60. The van der Waals surface area contributed by atoms with Crippen molar-refractivity contribution in [1.82, 2.24) is 14.9 Å². The molecule has 0 fully saturated rings. The number of esters is 1. The molecule has 4 heterocycles. The van der Waals surface area contributed by atoms with Crippen molar-refractivity contribution in [2.75, 3.05) is 26.0 Å². The van der Waals surface area contributed by atoms with Crippen LogP contribution in [0.15, 0.2) is 58.4 Å². The lowest BCUT2D eigenvalue weighted by Crippen LogP contribution is -2.28. The number of thioether (sulfide) groups is 1. The van der Waals surface area contributed by atoms with Gasteiger partial charge in [-0.3, -0.25) is 4.98 Å². The minimum Gasteiger partial charge on any atom is -0.463 e. The van der Waals surface area contributed by atoms with Crippen LogP contribution >= 0.6 is 11.8 Å². The van der Waals surface area contributed by atoms with Gasteiger partial charge in [-0.05, 0) is 43.3 Å². The van der Waals surface area contributed by atoms with Crippen LogP contribution in [-0.2, 0) is 27.2 Å². The molecule has 1 atom stereocenters. The van der Waals surface area contributed by atoms with E-state index < -0.39 is 11.9 Å². The van der Waals surface area contributed by atoms with Crippen LogP contribution in [0.3, 0.4) is 0 Å². The highest BCUT2D eigenvalue weighted by molar-refractivity contribution is 7.99. The summed E-state index contributed by atoms with van der Waals surface area (Å²) in [5.74, 6) is -0.967. The summed E-state index contributed by atoms with van der Waals surface area (Å²) in [6, 6.07) is 9.63. The molecule has 0 bridgehead atoms. The fourth-order valence-electron chi connectivity index (χ4n) is 4.16. The summed E-state index contributed by atoms with van der Waals surface area (Å²) in [4.78, 5) is 24.1. The van der Waals surface area contributed by atoms with Gasteiger partial charge < -0.3 is 20.1 Å². The van der Waals surface area contributed by atoms with Crippen molar-refractivity contribution in [3.63, 3.8) is 0 Å². The van der Waals surface area contributed by atoms with E-state index in [9.17, 15) is 15.3 Å². The number of fused-ring (bicyclic) bond motifs is 1. The maximum Gasteiger partial charge on any atom is 0.338 e. The molecule has 35 heavy (non-hydrogen) atoms. The first-order valence-electron chi connectivity index (χ1n) is 11.1. The van der Waals surface area contributed by atoms with E-state index in [0.29, 0.717) is 16.2 Å². The van der Waals surface area contributed by atoms with Crippen molar-refractivity contribution < 1.29 is 14.3 Å². The molecule has 2 N–H and O–H groups in total. The van der Waals surface area contributed by atoms with E-state index in [2.05, 4.69) is 22.0 Å². The van der Waals surface area contributed by atoms with Crippen molar-refractivity contribution in [1.29, 1.82) is 10.5 Å². The zero-order valence-electron chi connectivity index (χ0n) is 19.4. The number of carbonyl (C=O) groups is 1. The van der Waals surface area contributed by atoms with E-state index in [1.165, 1.54) is 11.8 Å². The summed E-state index contributed by atoms with van der Waals surface area (Å²) in [6.07, 6.45) is 3.96. The molecule has 9 nitrogen and oxygen atoms in total. The third kappa shape index (κ3) is 4.99. The van der Waals surface area contributed by atoms with Gasteiger partial charge in [0.1, 0.15) is 28.5 Å². The SMILES string of the molecule is CCOC(=O)C1=C(CSc2nc3c(cc2C#N)CN(C)CC3)OC(N)=C(C#N)[C@H]1c1ccncc1. The summed E-state index contributed by atoms with van der Waals surface area (Å²) < 4.78 is 11.1. The molecule has 0 aromatic carbocycles. The predicted molar refractivity (Wildman–Crippen MR) is 128 cm³/mol. The number of rotatable bonds is 6. The lowest BCUT2D eigenvalue weighted by molar-refractivity contribution is -0.139. The molecular weight excluding hydrogens is 464 g/mol. The Hall–Kier alpha value is -3.86. The molecule has 2 aliphatic rings. The molecule has 0 unspecified atom stereocenters. The lowest BCUT2D eigenvalue weighted by Gasteiger charge is -2.28. The number of nitrogens with zero attached hydrogens (tertiary/aromatic N) is 5.